The number of carbonyl (C=O) groups excluding carboxylic acids is 1. The maximum atomic E-state index is 9.60. The molecule has 0 aromatic carbocycles. The zero-order valence-electron chi connectivity index (χ0n) is 5.89. The van der Waals surface area contributed by atoms with Gasteiger partial charge in [0.1, 0.15) is 5.60 Å². The molecule has 0 saturated carbocycles. The molecule has 0 atom stereocenters. The van der Waals surface area contributed by atoms with E-state index in [1.54, 1.807) is 0 Å². The Labute approximate surface area is 45.0 Å². The van der Waals surface area contributed by atoms with Crippen LogP contribution >= 0.6 is 0 Å². The third-order valence-electron chi connectivity index (χ3n) is 0.402. The highest BCUT2D eigenvalue weighted by Gasteiger charge is 2.07. The molecule has 0 amide bonds. The van der Waals surface area contributed by atoms with Crippen LogP contribution in [0.1, 0.15) is 22.2 Å². The Morgan fingerprint density at radius 1 is 1.57 bits per heavy atom. The predicted molar refractivity (Wildman–Crippen MR) is 28.0 cm³/mol. The fraction of sp³-hybridized carbons (Fsp3) is 0.800. The van der Waals surface area contributed by atoms with Gasteiger partial charge in [0.2, 0.25) is 0 Å². The minimum Gasteiger partial charge on any atom is -0.462 e. The third kappa shape index (κ3) is 5.47. The SMILES string of the molecule is CC(C)(C)OC=O.[H+]. The molecule has 0 fully saturated rings. The lowest BCUT2D eigenvalue weighted by Crippen LogP contribution is -2.17. The summed E-state index contributed by atoms with van der Waals surface area (Å²) in [6.07, 6.45) is 0. The van der Waals surface area contributed by atoms with Crippen LogP contribution in [0.25, 0.3) is 0 Å². The molecule has 0 unspecified atom stereocenters. The van der Waals surface area contributed by atoms with E-state index in [2.05, 4.69) is 4.74 Å². The Bertz CT molecular complexity index is 65.3. The zero-order valence-corrected chi connectivity index (χ0v) is 4.89. The molecule has 0 bridgehead atoms. The van der Waals surface area contributed by atoms with Crippen molar-refractivity contribution in [2.45, 2.75) is 26.4 Å². The van der Waals surface area contributed by atoms with E-state index in [1.165, 1.54) is 0 Å². The summed E-state index contributed by atoms with van der Waals surface area (Å²) in [5, 5.41) is 0. The monoisotopic (exact) mass is 103 g/mol. The van der Waals surface area contributed by atoms with Gasteiger partial charge < -0.3 is 4.74 Å². The van der Waals surface area contributed by atoms with Gasteiger partial charge in [-0.05, 0) is 20.8 Å². The molecule has 0 aromatic heterocycles. The van der Waals surface area contributed by atoms with Gasteiger partial charge in [-0.25, -0.2) is 0 Å². The lowest BCUT2D eigenvalue weighted by Gasteiger charge is -2.14. The Kier molecular flexibility index (Phi) is 1.81. The Balaban J connectivity index is 0. The molecule has 42 valence electrons. The summed E-state index contributed by atoms with van der Waals surface area (Å²) in [7, 11) is 0. The summed E-state index contributed by atoms with van der Waals surface area (Å²) >= 11 is 0. The number of hydrogen-bond donors (Lipinski definition) is 0. The second-order valence-corrected chi connectivity index (χ2v) is 2.33. The van der Waals surface area contributed by atoms with Crippen LogP contribution in [0, 0.1) is 0 Å². The average Bonchev–Trinajstić information content (AvgIpc) is 1.30. The van der Waals surface area contributed by atoms with Crippen molar-refractivity contribution in [3.05, 3.63) is 0 Å². The highest BCUT2D eigenvalue weighted by Crippen LogP contribution is 2.02. The molecule has 0 aromatic rings. The van der Waals surface area contributed by atoms with Crippen molar-refractivity contribution in [2.75, 3.05) is 0 Å². The van der Waals surface area contributed by atoms with Gasteiger partial charge in [0.15, 0.2) is 0 Å². The number of rotatable bonds is 1. The van der Waals surface area contributed by atoms with Crippen LogP contribution in [0.4, 0.5) is 0 Å². The van der Waals surface area contributed by atoms with Crippen LogP contribution in [-0.2, 0) is 9.53 Å². The molecule has 0 aliphatic carbocycles. The van der Waals surface area contributed by atoms with Crippen LogP contribution in [0.2, 0.25) is 0 Å². The molecule has 2 nitrogen and oxygen atoms in total. The van der Waals surface area contributed by atoms with Crippen molar-refractivity contribution >= 4 is 6.47 Å². The first kappa shape index (κ1) is 6.47. The van der Waals surface area contributed by atoms with E-state index in [-0.39, 0.29) is 7.03 Å². The maximum Gasteiger partial charge on any atom is 1.00 e. The second kappa shape index (κ2) is 1.96. The number of carbonyl (C=O) groups is 1. The minimum atomic E-state index is -0.318. The maximum absolute atomic E-state index is 9.60. The fourth-order valence-electron chi connectivity index (χ4n) is 0.144. The standard InChI is InChI=1S/C5H10O2/c1-5(2,3)7-4-6/h4H,1-3H3/p+1. The van der Waals surface area contributed by atoms with Crippen LogP contribution in [0.3, 0.4) is 0 Å². The Morgan fingerprint density at radius 3 is 2.00 bits per heavy atom. The van der Waals surface area contributed by atoms with Gasteiger partial charge in [0, 0.05) is 0 Å². The van der Waals surface area contributed by atoms with E-state index in [4.69, 9.17) is 0 Å². The highest BCUT2D eigenvalue weighted by molar-refractivity contribution is 5.37. The van der Waals surface area contributed by atoms with Crippen LogP contribution in [0.5, 0.6) is 0 Å². The molecule has 0 radical (unpaired) electrons. The molecule has 2 heteroatoms. The summed E-state index contributed by atoms with van der Waals surface area (Å²) in [5.74, 6) is 0. The molecular weight excluding hydrogens is 92.1 g/mol. The van der Waals surface area contributed by atoms with Crippen molar-refractivity contribution in [2.24, 2.45) is 0 Å². The molecule has 0 spiro atoms. The number of hydrogen-bond acceptors (Lipinski definition) is 2. The normalized spacial score (nSPS) is 10.7. The Morgan fingerprint density at radius 2 is 2.00 bits per heavy atom. The second-order valence-electron chi connectivity index (χ2n) is 2.33. The lowest BCUT2D eigenvalue weighted by molar-refractivity contribution is -0.138. The first-order chi connectivity index (χ1) is 3.06. The lowest BCUT2D eigenvalue weighted by atomic mass is 10.2. The summed E-state index contributed by atoms with van der Waals surface area (Å²) < 4.78 is 4.55. The first-order valence-corrected chi connectivity index (χ1v) is 2.18. The fourth-order valence-corrected chi connectivity index (χ4v) is 0.144. The van der Waals surface area contributed by atoms with Crippen LogP contribution in [0.15, 0.2) is 0 Å². The van der Waals surface area contributed by atoms with Crippen LogP contribution < -0.4 is 0 Å². The minimum absolute atomic E-state index is 0. The molecular formula is C5H11O2+. The van der Waals surface area contributed by atoms with E-state index in [0.717, 1.165) is 0 Å². The van der Waals surface area contributed by atoms with Crippen molar-refractivity contribution in [1.29, 1.82) is 0 Å². The molecule has 0 saturated heterocycles. The summed E-state index contributed by atoms with van der Waals surface area (Å²) in [6, 6.07) is 0. The largest absolute Gasteiger partial charge is 1.00 e. The van der Waals surface area contributed by atoms with E-state index >= 15 is 0 Å². The van der Waals surface area contributed by atoms with E-state index < -0.39 is 0 Å². The van der Waals surface area contributed by atoms with Crippen molar-refractivity contribution in [1.82, 2.24) is 0 Å². The van der Waals surface area contributed by atoms with Gasteiger partial charge in [0.05, 0.1) is 0 Å². The van der Waals surface area contributed by atoms with E-state index in [9.17, 15) is 4.79 Å². The first-order valence-electron chi connectivity index (χ1n) is 2.18. The van der Waals surface area contributed by atoms with Crippen LogP contribution in [-0.4, -0.2) is 12.1 Å². The molecule has 0 aliphatic heterocycles. The average molecular weight is 103 g/mol. The van der Waals surface area contributed by atoms with Crippen molar-refractivity contribution in [3.8, 4) is 0 Å². The predicted octanol–water partition coefficient (Wildman–Crippen LogP) is 1.07. The molecule has 0 N–H and O–H groups in total. The quantitative estimate of drug-likeness (QED) is 0.464. The smallest absolute Gasteiger partial charge is 0.462 e. The topological polar surface area (TPSA) is 26.3 Å². The number of ether oxygens (including phenoxy) is 1. The molecule has 7 heavy (non-hydrogen) atoms. The third-order valence-corrected chi connectivity index (χ3v) is 0.402. The van der Waals surface area contributed by atoms with Gasteiger partial charge in [-0.2, -0.15) is 0 Å². The highest BCUT2D eigenvalue weighted by atomic mass is 16.5. The van der Waals surface area contributed by atoms with Gasteiger partial charge in [-0.3, -0.25) is 4.79 Å². The van der Waals surface area contributed by atoms with Crippen molar-refractivity contribution < 1.29 is 11.0 Å². The molecule has 0 heterocycles. The van der Waals surface area contributed by atoms with Gasteiger partial charge in [-0.15, -0.1) is 0 Å². The van der Waals surface area contributed by atoms with Gasteiger partial charge in [-0.1, -0.05) is 0 Å². The van der Waals surface area contributed by atoms with E-state index in [0.29, 0.717) is 6.47 Å². The Hall–Kier alpha value is -0.530. The molecule has 0 rings (SSSR count). The summed E-state index contributed by atoms with van der Waals surface area (Å²) in [5.41, 5.74) is -0.318. The zero-order chi connectivity index (χ0) is 5.91. The van der Waals surface area contributed by atoms with Gasteiger partial charge >= 0.3 is 1.43 Å². The summed E-state index contributed by atoms with van der Waals surface area (Å²) in [4.78, 5) is 9.60. The van der Waals surface area contributed by atoms with Gasteiger partial charge in [0.25, 0.3) is 6.47 Å². The van der Waals surface area contributed by atoms with E-state index in [1.807, 2.05) is 20.8 Å². The molecule has 0 aliphatic rings. The summed E-state index contributed by atoms with van der Waals surface area (Å²) in [6.45, 7) is 5.92. The van der Waals surface area contributed by atoms with Crippen molar-refractivity contribution in [3.63, 3.8) is 0 Å².